The van der Waals surface area contributed by atoms with Crippen molar-refractivity contribution in [3.8, 4) is 12.3 Å². The highest BCUT2D eigenvalue weighted by molar-refractivity contribution is 5.68. The van der Waals surface area contributed by atoms with E-state index in [0.717, 1.165) is 19.3 Å². The maximum atomic E-state index is 11.5. The molecule has 88 valence electrons. The van der Waals surface area contributed by atoms with Crippen molar-refractivity contribution in [3.05, 3.63) is 0 Å². The molecular weight excluding hydrogens is 206 g/mol. The SMILES string of the molecule is C#C[C@]1(O)CCC[C@@H]2[C@H]1CCN2C(=O)OC. The summed E-state index contributed by atoms with van der Waals surface area (Å²) >= 11 is 0. The maximum absolute atomic E-state index is 11.5. The Kier molecular flexibility index (Phi) is 2.81. The Bertz CT molecular complexity index is 336. The number of hydrogen-bond donors (Lipinski definition) is 1. The zero-order valence-corrected chi connectivity index (χ0v) is 9.48. The van der Waals surface area contributed by atoms with Crippen LogP contribution in [0.2, 0.25) is 0 Å². The zero-order chi connectivity index (χ0) is 11.8. The average molecular weight is 223 g/mol. The zero-order valence-electron chi connectivity index (χ0n) is 9.48. The Morgan fingerprint density at radius 3 is 3.00 bits per heavy atom. The van der Waals surface area contributed by atoms with Crippen LogP contribution < -0.4 is 0 Å². The minimum absolute atomic E-state index is 0.00495. The summed E-state index contributed by atoms with van der Waals surface area (Å²) in [5, 5.41) is 10.3. The first-order valence-corrected chi connectivity index (χ1v) is 5.67. The van der Waals surface area contributed by atoms with Gasteiger partial charge in [0.1, 0.15) is 5.60 Å². The minimum Gasteiger partial charge on any atom is -0.453 e. The smallest absolute Gasteiger partial charge is 0.409 e. The van der Waals surface area contributed by atoms with Crippen molar-refractivity contribution in [2.75, 3.05) is 13.7 Å². The number of likely N-dealkylation sites (tertiary alicyclic amines) is 1. The second-order valence-corrected chi connectivity index (χ2v) is 4.59. The molecule has 0 unspecified atom stereocenters. The molecule has 0 bridgehead atoms. The van der Waals surface area contributed by atoms with Gasteiger partial charge in [0.05, 0.1) is 7.11 Å². The molecule has 2 aliphatic rings. The van der Waals surface area contributed by atoms with E-state index in [2.05, 4.69) is 5.92 Å². The fourth-order valence-electron chi connectivity index (χ4n) is 3.06. The molecule has 0 aromatic carbocycles. The van der Waals surface area contributed by atoms with Crippen LogP contribution in [-0.4, -0.2) is 41.4 Å². The molecule has 1 heterocycles. The van der Waals surface area contributed by atoms with E-state index in [1.807, 2.05) is 0 Å². The summed E-state index contributed by atoms with van der Waals surface area (Å²) in [6, 6.07) is 0.0437. The molecule has 1 amide bonds. The summed E-state index contributed by atoms with van der Waals surface area (Å²) in [7, 11) is 1.38. The normalized spacial score (nSPS) is 37.7. The van der Waals surface area contributed by atoms with E-state index in [0.29, 0.717) is 13.0 Å². The molecule has 0 aromatic heterocycles. The monoisotopic (exact) mass is 223 g/mol. The van der Waals surface area contributed by atoms with Crippen LogP contribution in [0, 0.1) is 18.3 Å². The topological polar surface area (TPSA) is 49.8 Å². The molecule has 2 rings (SSSR count). The lowest BCUT2D eigenvalue weighted by atomic mass is 9.73. The van der Waals surface area contributed by atoms with E-state index < -0.39 is 5.60 Å². The number of hydrogen-bond acceptors (Lipinski definition) is 3. The lowest BCUT2D eigenvalue weighted by Crippen LogP contribution is -2.49. The van der Waals surface area contributed by atoms with Gasteiger partial charge in [-0.05, 0) is 25.7 Å². The molecule has 0 spiro atoms. The van der Waals surface area contributed by atoms with Crippen LogP contribution in [0.1, 0.15) is 25.7 Å². The van der Waals surface area contributed by atoms with Crippen LogP contribution in [0.25, 0.3) is 0 Å². The van der Waals surface area contributed by atoms with Gasteiger partial charge in [-0.3, -0.25) is 0 Å². The van der Waals surface area contributed by atoms with E-state index in [1.165, 1.54) is 7.11 Å². The van der Waals surface area contributed by atoms with Crippen molar-refractivity contribution >= 4 is 6.09 Å². The van der Waals surface area contributed by atoms with E-state index in [-0.39, 0.29) is 18.1 Å². The van der Waals surface area contributed by atoms with Gasteiger partial charge in [0.2, 0.25) is 0 Å². The number of fused-ring (bicyclic) bond motifs is 1. The number of nitrogens with zero attached hydrogens (tertiary/aromatic N) is 1. The van der Waals surface area contributed by atoms with Crippen molar-refractivity contribution in [2.24, 2.45) is 5.92 Å². The fraction of sp³-hybridized carbons (Fsp3) is 0.750. The van der Waals surface area contributed by atoms with Crippen molar-refractivity contribution < 1.29 is 14.6 Å². The van der Waals surface area contributed by atoms with Crippen LogP contribution >= 0.6 is 0 Å². The Balaban J connectivity index is 2.19. The van der Waals surface area contributed by atoms with Gasteiger partial charge in [0.15, 0.2) is 0 Å². The highest BCUT2D eigenvalue weighted by atomic mass is 16.5. The summed E-state index contributed by atoms with van der Waals surface area (Å²) in [5.74, 6) is 2.51. The van der Waals surface area contributed by atoms with Crippen molar-refractivity contribution in [3.63, 3.8) is 0 Å². The van der Waals surface area contributed by atoms with Gasteiger partial charge in [-0.2, -0.15) is 0 Å². The molecule has 0 radical (unpaired) electrons. The van der Waals surface area contributed by atoms with Crippen molar-refractivity contribution in [1.82, 2.24) is 4.90 Å². The summed E-state index contributed by atoms with van der Waals surface area (Å²) in [4.78, 5) is 13.2. The van der Waals surface area contributed by atoms with Crippen LogP contribution in [0.15, 0.2) is 0 Å². The quantitative estimate of drug-likeness (QED) is 0.623. The van der Waals surface area contributed by atoms with Crippen LogP contribution in [-0.2, 0) is 4.74 Å². The van der Waals surface area contributed by atoms with E-state index in [9.17, 15) is 9.90 Å². The molecule has 1 N–H and O–H groups in total. The number of carbonyl (C=O) groups is 1. The number of aliphatic hydroxyl groups is 1. The molecule has 1 aliphatic carbocycles. The Labute approximate surface area is 95.6 Å². The molecule has 0 aromatic rings. The summed E-state index contributed by atoms with van der Waals surface area (Å²) in [6.45, 7) is 0.631. The standard InChI is InChI=1S/C12H17NO3/c1-3-12(15)7-4-5-10-9(12)6-8-13(10)11(14)16-2/h1,9-10,15H,4-8H2,2H3/t9-,10-,12+/m1/s1. The van der Waals surface area contributed by atoms with Gasteiger partial charge in [0.25, 0.3) is 0 Å². The largest absolute Gasteiger partial charge is 0.453 e. The van der Waals surface area contributed by atoms with E-state index >= 15 is 0 Å². The lowest BCUT2D eigenvalue weighted by Gasteiger charge is -2.39. The number of amides is 1. The lowest BCUT2D eigenvalue weighted by molar-refractivity contribution is -0.0135. The minimum atomic E-state index is -1.04. The summed E-state index contributed by atoms with van der Waals surface area (Å²) in [6.07, 6.45) is 8.27. The third kappa shape index (κ3) is 1.56. The van der Waals surface area contributed by atoms with Gasteiger partial charge in [0, 0.05) is 18.5 Å². The molecule has 1 aliphatic heterocycles. The predicted octanol–water partition coefficient (Wildman–Crippen LogP) is 0.992. The number of terminal acetylenes is 1. The Morgan fingerprint density at radius 1 is 1.62 bits per heavy atom. The third-order valence-electron chi connectivity index (χ3n) is 3.88. The predicted molar refractivity (Wildman–Crippen MR) is 58.6 cm³/mol. The van der Waals surface area contributed by atoms with Crippen molar-refractivity contribution in [2.45, 2.75) is 37.3 Å². The van der Waals surface area contributed by atoms with E-state index in [4.69, 9.17) is 11.2 Å². The molecule has 4 heteroatoms. The average Bonchev–Trinajstić information content (AvgIpc) is 2.73. The number of carbonyl (C=O) groups excluding carboxylic acids is 1. The van der Waals surface area contributed by atoms with Crippen LogP contribution in [0.5, 0.6) is 0 Å². The van der Waals surface area contributed by atoms with E-state index in [1.54, 1.807) is 4.90 Å². The molecule has 4 nitrogen and oxygen atoms in total. The summed E-state index contributed by atoms with van der Waals surface area (Å²) < 4.78 is 4.74. The second kappa shape index (κ2) is 3.99. The Hall–Kier alpha value is -1.21. The first-order valence-electron chi connectivity index (χ1n) is 5.67. The highest BCUT2D eigenvalue weighted by Crippen LogP contribution is 2.42. The Morgan fingerprint density at radius 2 is 2.38 bits per heavy atom. The van der Waals surface area contributed by atoms with Crippen LogP contribution in [0.4, 0.5) is 4.79 Å². The second-order valence-electron chi connectivity index (χ2n) is 4.59. The molecule has 1 saturated carbocycles. The van der Waals surface area contributed by atoms with Gasteiger partial charge in [-0.15, -0.1) is 6.42 Å². The molecule has 2 fully saturated rings. The highest BCUT2D eigenvalue weighted by Gasteiger charge is 2.50. The maximum Gasteiger partial charge on any atom is 0.409 e. The van der Waals surface area contributed by atoms with Crippen molar-refractivity contribution in [1.29, 1.82) is 0 Å². The third-order valence-corrected chi connectivity index (χ3v) is 3.88. The fourth-order valence-corrected chi connectivity index (χ4v) is 3.06. The van der Waals surface area contributed by atoms with Crippen LogP contribution in [0.3, 0.4) is 0 Å². The number of ether oxygens (including phenoxy) is 1. The number of rotatable bonds is 0. The summed E-state index contributed by atoms with van der Waals surface area (Å²) in [5.41, 5.74) is -1.04. The molecule has 3 atom stereocenters. The number of methoxy groups -OCH3 is 1. The molecule has 16 heavy (non-hydrogen) atoms. The first kappa shape index (κ1) is 11.3. The molecule has 1 saturated heterocycles. The molecular formula is C12H17NO3. The van der Waals surface area contributed by atoms with Gasteiger partial charge >= 0.3 is 6.09 Å². The van der Waals surface area contributed by atoms with Gasteiger partial charge < -0.3 is 14.7 Å². The van der Waals surface area contributed by atoms with Gasteiger partial charge in [-0.25, -0.2) is 4.79 Å². The first-order chi connectivity index (χ1) is 7.62. The van der Waals surface area contributed by atoms with Gasteiger partial charge in [-0.1, -0.05) is 5.92 Å².